The van der Waals surface area contributed by atoms with Crippen LogP contribution in [0.25, 0.3) is 6.08 Å². The zero-order valence-corrected chi connectivity index (χ0v) is 13.8. The number of nitrogens with one attached hydrogen (secondary N) is 1. The Morgan fingerprint density at radius 3 is 2.71 bits per heavy atom. The van der Waals surface area contributed by atoms with Crippen molar-refractivity contribution in [1.29, 1.82) is 0 Å². The predicted octanol–water partition coefficient (Wildman–Crippen LogP) is 4.28. The molecule has 0 aromatic heterocycles. The van der Waals surface area contributed by atoms with Crippen LogP contribution in [0.2, 0.25) is 0 Å². The van der Waals surface area contributed by atoms with Crippen molar-refractivity contribution < 1.29 is 9.47 Å². The first-order valence-electron chi connectivity index (χ1n) is 7.88. The molecule has 3 heteroatoms. The van der Waals surface area contributed by atoms with Gasteiger partial charge in [-0.3, -0.25) is 0 Å². The summed E-state index contributed by atoms with van der Waals surface area (Å²) in [4.78, 5) is 0. The lowest BCUT2D eigenvalue weighted by atomic mass is 10.2. The first-order chi connectivity index (χ1) is 10.2. The van der Waals surface area contributed by atoms with E-state index in [1.165, 1.54) is 6.42 Å². The van der Waals surface area contributed by atoms with E-state index in [0.29, 0.717) is 6.04 Å². The lowest BCUT2D eigenvalue weighted by Crippen LogP contribution is -2.26. The smallest absolute Gasteiger partial charge is 0.161 e. The number of unbranched alkanes of at least 4 members (excludes halogenated alkanes) is 1. The van der Waals surface area contributed by atoms with Crippen LogP contribution >= 0.6 is 0 Å². The van der Waals surface area contributed by atoms with Crippen LogP contribution in [0, 0.1) is 0 Å². The normalized spacial score (nSPS) is 12.6. The molecule has 1 N–H and O–H groups in total. The van der Waals surface area contributed by atoms with E-state index in [1.807, 2.05) is 37.3 Å². The molecule has 0 heterocycles. The molecule has 1 rings (SSSR count). The molecule has 1 atom stereocenters. The zero-order chi connectivity index (χ0) is 15.5. The SMILES string of the molecule is C/C=C/c1ccc(OCCCCN[C@@H](C)CC)c(OC)c1. The van der Waals surface area contributed by atoms with Gasteiger partial charge in [-0.2, -0.15) is 0 Å². The van der Waals surface area contributed by atoms with Crippen molar-refractivity contribution in [2.75, 3.05) is 20.3 Å². The summed E-state index contributed by atoms with van der Waals surface area (Å²) in [5.74, 6) is 1.61. The summed E-state index contributed by atoms with van der Waals surface area (Å²) in [6, 6.07) is 6.62. The molecule has 0 radical (unpaired) electrons. The van der Waals surface area contributed by atoms with Crippen molar-refractivity contribution in [3.63, 3.8) is 0 Å². The molecule has 118 valence electrons. The zero-order valence-electron chi connectivity index (χ0n) is 13.8. The highest BCUT2D eigenvalue weighted by Crippen LogP contribution is 2.28. The molecule has 0 amide bonds. The van der Waals surface area contributed by atoms with E-state index in [-0.39, 0.29) is 0 Å². The Kier molecular flexibility index (Phi) is 8.60. The van der Waals surface area contributed by atoms with Gasteiger partial charge in [0.15, 0.2) is 11.5 Å². The van der Waals surface area contributed by atoms with Crippen LogP contribution in [-0.4, -0.2) is 26.3 Å². The molecular formula is C18H29NO2. The van der Waals surface area contributed by atoms with E-state index in [2.05, 4.69) is 19.2 Å². The standard InChI is InChI=1S/C18H29NO2/c1-5-9-16-10-11-17(18(14-16)20-4)21-13-8-7-12-19-15(3)6-2/h5,9-11,14-15,19H,6-8,12-13H2,1-4H3/b9-5+/t15-/m0/s1. The van der Waals surface area contributed by atoms with E-state index < -0.39 is 0 Å². The summed E-state index contributed by atoms with van der Waals surface area (Å²) in [7, 11) is 1.68. The fourth-order valence-corrected chi connectivity index (χ4v) is 2.00. The lowest BCUT2D eigenvalue weighted by Gasteiger charge is -2.13. The highest BCUT2D eigenvalue weighted by atomic mass is 16.5. The molecule has 0 saturated carbocycles. The van der Waals surface area contributed by atoms with Crippen LogP contribution < -0.4 is 14.8 Å². The van der Waals surface area contributed by atoms with Crippen LogP contribution in [0.3, 0.4) is 0 Å². The Morgan fingerprint density at radius 2 is 2.05 bits per heavy atom. The van der Waals surface area contributed by atoms with Crippen LogP contribution in [0.4, 0.5) is 0 Å². The van der Waals surface area contributed by atoms with Crippen LogP contribution in [0.15, 0.2) is 24.3 Å². The van der Waals surface area contributed by atoms with Crippen molar-refractivity contribution in [3.05, 3.63) is 29.8 Å². The maximum Gasteiger partial charge on any atom is 0.161 e. The Hall–Kier alpha value is -1.48. The first-order valence-corrected chi connectivity index (χ1v) is 7.88. The second-order valence-electron chi connectivity index (χ2n) is 5.23. The summed E-state index contributed by atoms with van der Waals surface area (Å²) >= 11 is 0. The van der Waals surface area contributed by atoms with Gasteiger partial charge in [0, 0.05) is 6.04 Å². The van der Waals surface area contributed by atoms with Gasteiger partial charge < -0.3 is 14.8 Å². The van der Waals surface area contributed by atoms with E-state index in [1.54, 1.807) is 7.11 Å². The average molecular weight is 291 g/mol. The van der Waals surface area contributed by atoms with Crippen molar-refractivity contribution in [2.24, 2.45) is 0 Å². The molecule has 21 heavy (non-hydrogen) atoms. The molecule has 0 aliphatic rings. The van der Waals surface area contributed by atoms with Crippen molar-refractivity contribution in [2.45, 2.75) is 46.1 Å². The van der Waals surface area contributed by atoms with Crippen molar-refractivity contribution in [3.8, 4) is 11.5 Å². The van der Waals surface area contributed by atoms with E-state index in [9.17, 15) is 0 Å². The first kappa shape index (κ1) is 17.6. The van der Waals surface area contributed by atoms with Crippen LogP contribution in [-0.2, 0) is 0 Å². The molecule has 0 saturated heterocycles. The van der Waals surface area contributed by atoms with E-state index in [0.717, 1.165) is 43.1 Å². The third-order valence-corrected chi connectivity index (χ3v) is 3.48. The molecule has 0 aliphatic heterocycles. The summed E-state index contributed by atoms with van der Waals surface area (Å²) in [5.41, 5.74) is 1.12. The third-order valence-electron chi connectivity index (χ3n) is 3.48. The molecule has 1 aromatic carbocycles. The third kappa shape index (κ3) is 6.67. The highest BCUT2D eigenvalue weighted by Gasteiger charge is 2.04. The molecule has 0 fully saturated rings. The van der Waals surface area contributed by atoms with Crippen molar-refractivity contribution in [1.82, 2.24) is 5.32 Å². The number of hydrogen-bond donors (Lipinski definition) is 1. The molecular weight excluding hydrogens is 262 g/mol. The Morgan fingerprint density at radius 1 is 1.24 bits per heavy atom. The average Bonchev–Trinajstić information content (AvgIpc) is 2.51. The van der Waals surface area contributed by atoms with Crippen molar-refractivity contribution >= 4 is 6.08 Å². The van der Waals surface area contributed by atoms with Crippen LogP contribution in [0.1, 0.15) is 45.6 Å². The minimum atomic E-state index is 0.602. The second kappa shape index (κ2) is 10.3. The molecule has 3 nitrogen and oxygen atoms in total. The second-order valence-corrected chi connectivity index (χ2v) is 5.23. The number of hydrogen-bond acceptors (Lipinski definition) is 3. The van der Waals surface area contributed by atoms with Crippen LogP contribution in [0.5, 0.6) is 11.5 Å². The number of rotatable bonds is 10. The van der Waals surface area contributed by atoms with Gasteiger partial charge >= 0.3 is 0 Å². The Balaban J connectivity index is 2.34. The lowest BCUT2D eigenvalue weighted by molar-refractivity contribution is 0.285. The predicted molar refractivity (Wildman–Crippen MR) is 90.2 cm³/mol. The molecule has 0 unspecified atom stereocenters. The Bertz CT molecular complexity index is 429. The van der Waals surface area contributed by atoms with E-state index in [4.69, 9.17) is 9.47 Å². The number of benzene rings is 1. The van der Waals surface area contributed by atoms with Gasteiger partial charge in [0.1, 0.15) is 0 Å². The molecule has 0 spiro atoms. The number of allylic oxidation sites excluding steroid dienone is 1. The minimum absolute atomic E-state index is 0.602. The monoisotopic (exact) mass is 291 g/mol. The van der Waals surface area contributed by atoms with Gasteiger partial charge in [0.05, 0.1) is 13.7 Å². The molecule has 1 aromatic rings. The van der Waals surface area contributed by atoms with Gasteiger partial charge in [-0.25, -0.2) is 0 Å². The van der Waals surface area contributed by atoms with Gasteiger partial charge in [-0.15, -0.1) is 0 Å². The van der Waals surface area contributed by atoms with Gasteiger partial charge in [0.25, 0.3) is 0 Å². The largest absolute Gasteiger partial charge is 0.493 e. The van der Waals surface area contributed by atoms with Gasteiger partial charge in [-0.05, 0) is 57.4 Å². The maximum absolute atomic E-state index is 5.82. The maximum atomic E-state index is 5.82. The van der Waals surface area contributed by atoms with Gasteiger partial charge in [0.2, 0.25) is 0 Å². The fraction of sp³-hybridized carbons (Fsp3) is 0.556. The summed E-state index contributed by atoms with van der Waals surface area (Å²) in [5, 5.41) is 3.49. The molecule has 0 bridgehead atoms. The highest BCUT2D eigenvalue weighted by molar-refractivity contribution is 5.55. The minimum Gasteiger partial charge on any atom is -0.493 e. The summed E-state index contributed by atoms with van der Waals surface area (Å²) in [6.45, 7) is 8.19. The topological polar surface area (TPSA) is 30.5 Å². The summed E-state index contributed by atoms with van der Waals surface area (Å²) < 4.78 is 11.2. The Labute approximate surface area is 129 Å². The number of methoxy groups -OCH3 is 1. The quantitative estimate of drug-likeness (QED) is 0.653. The summed E-state index contributed by atoms with van der Waals surface area (Å²) in [6.07, 6.45) is 7.41. The molecule has 0 aliphatic carbocycles. The fourth-order valence-electron chi connectivity index (χ4n) is 2.00. The van der Waals surface area contributed by atoms with E-state index >= 15 is 0 Å². The number of ether oxygens (including phenoxy) is 2. The van der Waals surface area contributed by atoms with Gasteiger partial charge in [-0.1, -0.05) is 25.1 Å².